The van der Waals surface area contributed by atoms with Crippen molar-refractivity contribution in [1.29, 1.82) is 5.26 Å². The number of fused-ring (bicyclic) bond motifs is 1. The number of hydrogen-bond acceptors (Lipinski definition) is 4. The number of nitrogens with zero attached hydrogens (tertiary/aromatic N) is 1. The van der Waals surface area contributed by atoms with Gasteiger partial charge in [0.05, 0.1) is 19.2 Å². The Morgan fingerprint density at radius 2 is 1.88 bits per heavy atom. The largest absolute Gasteiger partial charge is 0.468 e. The van der Waals surface area contributed by atoms with Gasteiger partial charge in [-0.3, -0.25) is 10.1 Å². The molecule has 0 aliphatic heterocycles. The van der Waals surface area contributed by atoms with E-state index in [9.17, 15) is 10.1 Å². The molecular weight excluding hydrogens is 326 g/mol. The summed E-state index contributed by atoms with van der Waals surface area (Å²) in [5.74, 6) is -0.372. The van der Waals surface area contributed by atoms with Crippen LogP contribution < -0.4 is 5.32 Å². The maximum Gasteiger partial charge on any atom is 0.323 e. The SMILES string of the molecule is COC(=O)[C@H](Cc1c[nH]c2ccccc12)N[C@H](C#N)Cc1ccccc1. The lowest BCUT2D eigenvalue weighted by Gasteiger charge is -2.20. The van der Waals surface area contributed by atoms with E-state index in [4.69, 9.17) is 4.74 Å². The quantitative estimate of drug-likeness (QED) is 0.644. The molecule has 0 aliphatic carbocycles. The molecule has 0 saturated heterocycles. The van der Waals surface area contributed by atoms with Crippen LogP contribution in [-0.2, 0) is 22.4 Å². The summed E-state index contributed by atoms with van der Waals surface area (Å²) in [5, 5.41) is 13.7. The number of nitriles is 1. The number of rotatable bonds is 7. The van der Waals surface area contributed by atoms with Gasteiger partial charge in [0.15, 0.2) is 0 Å². The van der Waals surface area contributed by atoms with E-state index in [1.54, 1.807) is 0 Å². The standard InChI is InChI=1S/C21H21N3O2/c1-26-21(25)20(12-16-14-23-19-10-6-5-9-18(16)19)24-17(13-22)11-15-7-3-2-4-8-15/h2-10,14,17,20,23-24H,11-12H2,1H3/t17-,20-/m0/s1. The number of hydrogen-bond donors (Lipinski definition) is 2. The first-order valence-electron chi connectivity index (χ1n) is 8.53. The Labute approximate surface area is 152 Å². The molecule has 3 aromatic rings. The number of methoxy groups -OCH3 is 1. The molecule has 5 nitrogen and oxygen atoms in total. The van der Waals surface area contributed by atoms with E-state index in [2.05, 4.69) is 16.4 Å². The minimum Gasteiger partial charge on any atom is -0.468 e. The van der Waals surface area contributed by atoms with Crippen LogP contribution in [0, 0.1) is 11.3 Å². The predicted octanol–water partition coefficient (Wildman–Crippen LogP) is 2.98. The topological polar surface area (TPSA) is 77.9 Å². The van der Waals surface area contributed by atoms with Crippen molar-refractivity contribution in [3.63, 3.8) is 0 Å². The Bertz CT molecular complexity index is 912. The highest BCUT2D eigenvalue weighted by Crippen LogP contribution is 2.19. The lowest BCUT2D eigenvalue weighted by atomic mass is 10.0. The first-order chi connectivity index (χ1) is 12.7. The highest BCUT2D eigenvalue weighted by molar-refractivity contribution is 5.84. The summed E-state index contributed by atoms with van der Waals surface area (Å²) in [6.45, 7) is 0. The molecule has 1 aromatic heterocycles. The van der Waals surface area contributed by atoms with Crippen LogP contribution in [0.4, 0.5) is 0 Å². The Morgan fingerprint density at radius 3 is 2.62 bits per heavy atom. The van der Waals surface area contributed by atoms with E-state index >= 15 is 0 Å². The second-order valence-electron chi connectivity index (χ2n) is 6.18. The van der Waals surface area contributed by atoms with Gasteiger partial charge in [-0.25, -0.2) is 0 Å². The van der Waals surface area contributed by atoms with Crippen LogP contribution in [0.15, 0.2) is 60.8 Å². The fraction of sp³-hybridized carbons (Fsp3) is 0.238. The maximum atomic E-state index is 12.3. The van der Waals surface area contributed by atoms with Crippen molar-refractivity contribution < 1.29 is 9.53 Å². The van der Waals surface area contributed by atoms with Gasteiger partial charge in [-0.15, -0.1) is 0 Å². The number of nitrogens with one attached hydrogen (secondary N) is 2. The molecule has 0 aliphatic rings. The number of aromatic nitrogens is 1. The van der Waals surface area contributed by atoms with Gasteiger partial charge in [0.1, 0.15) is 6.04 Å². The second kappa shape index (κ2) is 8.32. The van der Waals surface area contributed by atoms with E-state index in [0.717, 1.165) is 22.0 Å². The number of carbonyl (C=O) groups excluding carboxylic acids is 1. The molecule has 0 radical (unpaired) electrons. The Morgan fingerprint density at radius 1 is 1.15 bits per heavy atom. The average molecular weight is 347 g/mol. The number of aromatic amines is 1. The zero-order chi connectivity index (χ0) is 18.4. The smallest absolute Gasteiger partial charge is 0.323 e. The van der Waals surface area contributed by atoms with Gasteiger partial charge in [0, 0.05) is 29.9 Å². The molecule has 0 bridgehead atoms. The molecule has 2 atom stereocenters. The van der Waals surface area contributed by atoms with Crippen molar-refractivity contribution in [1.82, 2.24) is 10.3 Å². The van der Waals surface area contributed by atoms with E-state index in [0.29, 0.717) is 12.8 Å². The maximum absolute atomic E-state index is 12.3. The van der Waals surface area contributed by atoms with Crippen LogP contribution in [-0.4, -0.2) is 30.1 Å². The van der Waals surface area contributed by atoms with E-state index in [1.165, 1.54) is 7.11 Å². The van der Waals surface area contributed by atoms with Crippen molar-refractivity contribution in [2.75, 3.05) is 7.11 Å². The first kappa shape index (κ1) is 17.7. The number of ether oxygens (including phenoxy) is 1. The first-order valence-corrected chi connectivity index (χ1v) is 8.53. The predicted molar refractivity (Wildman–Crippen MR) is 100 cm³/mol. The van der Waals surface area contributed by atoms with Crippen molar-refractivity contribution in [3.8, 4) is 6.07 Å². The second-order valence-corrected chi connectivity index (χ2v) is 6.18. The molecule has 5 heteroatoms. The summed E-state index contributed by atoms with van der Waals surface area (Å²) in [7, 11) is 1.37. The van der Waals surface area contributed by atoms with Crippen LogP contribution >= 0.6 is 0 Å². The summed E-state index contributed by atoms with van der Waals surface area (Å²) in [5.41, 5.74) is 3.08. The van der Waals surface area contributed by atoms with Gasteiger partial charge in [0.2, 0.25) is 0 Å². The van der Waals surface area contributed by atoms with Crippen LogP contribution in [0.5, 0.6) is 0 Å². The summed E-state index contributed by atoms with van der Waals surface area (Å²) in [6.07, 6.45) is 2.88. The highest BCUT2D eigenvalue weighted by Gasteiger charge is 2.24. The summed E-state index contributed by atoms with van der Waals surface area (Å²) >= 11 is 0. The third kappa shape index (κ3) is 4.11. The number of H-pyrrole nitrogens is 1. The van der Waals surface area contributed by atoms with Crippen LogP contribution in [0.25, 0.3) is 10.9 Å². The Balaban J connectivity index is 1.77. The van der Waals surface area contributed by atoms with E-state index in [1.807, 2.05) is 60.8 Å². The molecule has 3 rings (SSSR count). The highest BCUT2D eigenvalue weighted by atomic mass is 16.5. The van der Waals surface area contributed by atoms with Crippen molar-refractivity contribution in [2.24, 2.45) is 0 Å². The van der Waals surface area contributed by atoms with Gasteiger partial charge in [-0.2, -0.15) is 5.26 Å². The number of carbonyl (C=O) groups is 1. The minimum absolute atomic E-state index is 0.372. The molecule has 0 amide bonds. The fourth-order valence-corrected chi connectivity index (χ4v) is 3.11. The van der Waals surface area contributed by atoms with Gasteiger partial charge >= 0.3 is 5.97 Å². The molecule has 132 valence electrons. The Kier molecular flexibility index (Phi) is 5.67. The van der Waals surface area contributed by atoms with Crippen molar-refractivity contribution in [2.45, 2.75) is 24.9 Å². The molecule has 0 fully saturated rings. The van der Waals surface area contributed by atoms with Gasteiger partial charge in [0.25, 0.3) is 0 Å². The van der Waals surface area contributed by atoms with Gasteiger partial charge in [-0.1, -0.05) is 48.5 Å². The fourth-order valence-electron chi connectivity index (χ4n) is 3.11. The molecule has 2 aromatic carbocycles. The molecule has 1 heterocycles. The minimum atomic E-state index is -0.590. The number of para-hydroxylation sites is 1. The molecule has 2 N–H and O–H groups in total. The van der Waals surface area contributed by atoms with E-state index < -0.39 is 12.1 Å². The van der Waals surface area contributed by atoms with E-state index in [-0.39, 0.29) is 5.97 Å². The van der Waals surface area contributed by atoms with Gasteiger partial charge in [-0.05, 0) is 17.2 Å². The lowest BCUT2D eigenvalue weighted by Crippen LogP contribution is -2.45. The lowest BCUT2D eigenvalue weighted by molar-refractivity contribution is -0.143. The van der Waals surface area contributed by atoms with Crippen LogP contribution in [0.2, 0.25) is 0 Å². The monoisotopic (exact) mass is 347 g/mol. The number of benzene rings is 2. The van der Waals surface area contributed by atoms with Crippen molar-refractivity contribution >= 4 is 16.9 Å². The number of esters is 1. The third-order valence-electron chi connectivity index (χ3n) is 4.43. The third-order valence-corrected chi connectivity index (χ3v) is 4.43. The molecule has 0 unspecified atom stereocenters. The Hall–Kier alpha value is -3.10. The molecular formula is C21H21N3O2. The molecule has 26 heavy (non-hydrogen) atoms. The summed E-state index contributed by atoms with van der Waals surface area (Å²) in [6, 6.07) is 18.9. The molecule has 0 saturated carbocycles. The van der Waals surface area contributed by atoms with Crippen LogP contribution in [0.1, 0.15) is 11.1 Å². The summed E-state index contributed by atoms with van der Waals surface area (Å²) < 4.78 is 4.95. The summed E-state index contributed by atoms with van der Waals surface area (Å²) in [4.78, 5) is 15.5. The average Bonchev–Trinajstić information content (AvgIpc) is 3.10. The van der Waals surface area contributed by atoms with Gasteiger partial charge < -0.3 is 9.72 Å². The normalized spacial score (nSPS) is 13.1. The zero-order valence-corrected chi connectivity index (χ0v) is 14.6. The van der Waals surface area contributed by atoms with Crippen LogP contribution in [0.3, 0.4) is 0 Å². The van der Waals surface area contributed by atoms with Crippen molar-refractivity contribution in [3.05, 3.63) is 71.9 Å². The molecule has 0 spiro atoms. The zero-order valence-electron chi connectivity index (χ0n) is 14.6.